The number of ether oxygens (including phenoxy) is 1. The number of carbonyl (C=O) groups excluding carboxylic acids is 5. The third kappa shape index (κ3) is 15.1. The highest BCUT2D eigenvalue weighted by Crippen LogP contribution is 2.13. The zero-order chi connectivity index (χ0) is 35.1. The fourth-order valence-electron chi connectivity index (χ4n) is 4.33. The van der Waals surface area contributed by atoms with E-state index in [-0.39, 0.29) is 30.9 Å². The molecule has 47 heavy (non-hydrogen) atoms. The van der Waals surface area contributed by atoms with Gasteiger partial charge in [0.1, 0.15) is 29.5 Å². The summed E-state index contributed by atoms with van der Waals surface area (Å²) in [6.07, 6.45) is -0.549. The van der Waals surface area contributed by atoms with Crippen molar-refractivity contribution in [2.45, 2.75) is 77.6 Å². The van der Waals surface area contributed by atoms with E-state index >= 15 is 0 Å². The Morgan fingerprint density at radius 2 is 1.26 bits per heavy atom. The summed E-state index contributed by atoms with van der Waals surface area (Å²) in [5.41, 5.74) is 0.516. The maximum atomic E-state index is 13.1. The minimum Gasteiger partial charge on any atom is -0.508 e. The summed E-state index contributed by atoms with van der Waals surface area (Å²) in [5, 5.41) is 31.4. The molecule has 0 aliphatic carbocycles. The van der Waals surface area contributed by atoms with Gasteiger partial charge in [0.2, 0.25) is 23.6 Å². The molecule has 0 unspecified atom stereocenters. The van der Waals surface area contributed by atoms with Gasteiger partial charge in [0.15, 0.2) is 0 Å². The number of aliphatic carboxylic acids is 1. The molecule has 0 aliphatic heterocycles. The lowest BCUT2D eigenvalue weighted by atomic mass is 10.0. The van der Waals surface area contributed by atoms with Crippen LogP contribution in [0.15, 0.2) is 54.6 Å². The Labute approximate surface area is 274 Å². The maximum absolute atomic E-state index is 13.1. The number of rotatable bonds is 16. The third-order valence-corrected chi connectivity index (χ3v) is 6.51. The average molecular weight is 656 g/mol. The Morgan fingerprint density at radius 1 is 0.702 bits per heavy atom. The third-order valence-electron chi connectivity index (χ3n) is 6.51. The Morgan fingerprint density at radius 3 is 1.81 bits per heavy atom. The molecule has 0 fully saturated rings. The molecule has 0 saturated carbocycles. The molecule has 7 N–H and O–H groups in total. The van der Waals surface area contributed by atoms with Crippen molar-refractivity contribution >= 4 is 35.7 Å². The number of hydrogen-bond acceptors (Lipinski definition) is 8. The second-order valence-electron chi connectivity index (χ2n) is 12.4. The van der Waals surface area contributed by atoms with E-state index in [1.54, 1.807) is 63.2 Å². The lowest BCUT2D eigenvalue weighted by Gasteiger charge is -2.23. The van der Waals surface area contributed by atoms with Crippen LogP contribution in [-0.4, -0.2) is 82.7 Å². The molecule has 2 rings (SSSR count). The summed E-state index contributed by atoms with van der Waals surface area (Å²) in [6.45, 7) is 7.58. The molecule has 2 aromatic carbocycles. The molecule has 14 heteroatoms. The standard InChI is InChI=1S/C33H45N5O9/c1-20(2)15-26(31(44)45)37-30(43)25(16-21-9-7-6-8-10-21)36-28(41)19-34-27(40)18-35-29(42)24(38-32(46)47-33(3,4)5)17-22-11-13-23(39)14-12-22/h6-14,20,24-26,39H,15-19H2,1-5H3,(H,34,40)(H,35,42)(H,36,41)(H,37,43)(H,38,46)(H,44,45)/t24-,25-,26-/m0/s1. The van der Waals surface area contributed by atoms with Gasteiger partial charge < -0.3 is 41.5 Å². The van der Waals surface area contributed by atoms with Gasteiger partial charge in [-0.05, 0) is 56.4 Å². The van der Waals surface area contributed by atoms with Crippen molar-refractivity contribution in [1.29, 1.82) is 0 Å². The van der Waals surface area contributed by atoms with Crippen molar-refractivity contribution in [1.82, 2.24) is 26.6 Å². The fourth-order valence-corrected chi connectivity index (χ4v) is 4.33. The molecule has 0 heterocycles. The first-order valence-corrected chi connectivity index (χ1v) is 15.2. The molecule has 0 radical (unpaired) electrons. The second-order valence-corrected chi connectivity index (χ2v) is 12.4. The summed E-state index contributed by atoms with van der Waals surface area (Å²) in [5.74, 6) is -4.00. The molecule has 5 amide bonds. The van der Waals surface area contributed by atoms with Gasteiger partial charge in [0, 0.05) is 12.8 Å². The number of alkyl carbamates (subject to hydrolysis) is 1. The van der Waals surface area contributed by atoms with Crippen LogP contribution in [0.1, 0.15) is 52.2 Å². The molecule has 256 valence electrons. The number of aromatic hydroxyl groups is 1. The molecular weight excluding hydrogens is 610 g/mol. The lowest BCUT2D eigenvalue weighted by Crippen LogP contribution is -2.54. The number of carbonyl (C=O) groups is 6. The smallest absolute Gasteiger partial charge is 0.408 e. The zero-order valence-corrected chi connectivity index (χ0v) is 27.3. The zero-order valence-electron chi connectivity index (χ0n) is 27.3. The van der Waals surface area contributed by atoms with Crippen LogP contribution in [0.3, 0.4) is 0 Å². The van der Waals surface area contributed by atoms with E-state index in [0.717, 1.165) is 5.56 Å². The molecule has 0 aliphatic rings. The number of nitrogens with one attached hydrogen (secondary N) is 5. The number of phenolic OH excluding ortho intramolecular Hbond substituents is 1. The van der Waals surface area contributed by atoms with Crippen molar-refractivity contribution in [2.24, 2.45) is 5.92 Å². The van der Waals surface area contributed by atoms with Crippen molar-refractivity contribution in [3.05, 3.63) is 65.7 Å². The van der Waals surface area contributed by atoms with Crippen molar-refractivity contribution in [3.8, 4) is 5.75 Å². The molecular formula is C33H45N5O9. The maximum Gasteiger partial charge on any atom is 0.408 e. The Bertz CT molecular complexity index is 1380. The largest absolute Gasteiger partial charge is 0.508 e. The molecule has 0 spiro atoms. The molecule has 0 bridgehead atoms. The van der Waals surface area contributed by atoms with E-state index in [1.165, 1.54) is 12.1 Å². The van der Waals surface area contributed by atoms with Crippen LogP contribution in [0, 0.1) is 5.92 Å². The number of hydrogen-bond donors (Lipinski definition) is 7. The quantitative estimate of drug-likeness (QED) is 0.139. The first kappa shape index (κ1) is 38.0. The Kier molecular flexibility index (Phi) is 14.7. The van der Waals surface area contributed by atoms with Crippen LogP contribution in [0.2, 0.25) is 0 Å². The number of phenols is 1. The normalized spacial score (nSPS) is 13.0. The van der Waals surface area contributed by atoms with Gasteiger partial charge in [0.05, 0.1) is 13.1 Å². The summed E-state index contributed by atoms with van der Waals surface area (Å²) in [6, 6.07) is 11.4. The number of carboxylic acid groups (broad SMARTS) is 1. The second kappa shape index (κ2) is 18.1. The van der Waals surface area contributed by atoms with E-state index in [9.17, 15) is 39.0 Å². The highest BCUT2D eigenvalue weighted by molar-refractivity contribution is 5.93. The summed E-state index contributed by atoms with van der Waals surface area (Å²) < 4.78 is 5.25. The predicted octanol–water partition coefficient (Wildman–Crippen LogP) is 1.40. The lowest BCUT2D eigenvalue weighted by molar-refractivity contribution is -0.142. The molecule has 0 aromatic heterocycles. The van der Waals surface area contributed by atoms with Crippen LogP contribution in [0.4, 0.5) is 4.79 Å². The Balaban J connectivity index is 2.00. The van der Waals surface area contributed by atoms with E-state index in [1.807, 2.05) is 13.8 Å². The molecule has 14 nitrogen and oxygen atoms in total. The molecule has 3 atom stereocenters. The van der Waals surface area contributed by atoms with Crippen LogP contribution < -0.4 is 26.6 Å². The first-order valence-electron chi connectivity index (χ1n) is 15.2. The van der Waals surface area contributed by atoms with Crippen LogP contribution in [-0.2, 0) is 41.6 Å². The minimum absolute atomic E-state index is 0.00884. The van der Waals surface area contributed by atoms with Crippen molar-refractivity contribution in [2.75, 3.05) is 13.1 Å². The van der Waals surface area contributed by atoms with E-state index in [0.29, 0.717) is 5.56 Å². The minimum atomic E-state index is -1.20. The van der Waals surface area contributed by atoms with Crippen LogP contribution in [0.5, 0.6) is 5.75 Å². The van der Waals surface area contributed by atoms with E-state index < -0.39 is 72.5 Å². The van der Waals surface area contributed by atoms with Gasteiger partial charge in [-0.2, -0.15) is 0 Å². The van der Waals surface area contributed by atoms with Crippen molar-refractivity contribution < 1.29 is 43.7 Å². The Hall–Kier alpha value is -5.14. The van der Waals surface area contributed by atoms with Gasteiger partial charge in [0.25, 0.3) is 0 Å². The van der Waals surface area contributed by atoms with E-state index in [4.69, 9.17) is 4.74 Å². The highest BCUT2D eigenvalue weighted by Gasteiger charge is 2.28. The van der Waals surface area contributed by atoms with Gasteiger partial charge >= 0.3 is 12.1 Å². The SMILES string of the molecule is CC(C)C[C@H](NC(=O)[C@H](Cc1ccccc1)NC(=O)CNC(=O)CNC(=O)[C@H](Cc1ccc(O)cc1)NC(=O)OC(C)(C)C)C(=O)O. The summed E-state index contributed by atoms with van der Waals surface area (Å²) in [4.78, 5) is 75.4. The van der Waals surface area contributed by atoms with Gasteiger partial charge in [-0.25, -0.2) is 9.59 Å². The van der Waals surface area contributed by atoms with Gasteiger partial charge in [-0.1, -0.05) is 56.3 Å². The van der Waals surface area contributed by atoms with Crippen LogP contribution >= 0.6 is 0 Å². The first-order chi connectivity index (χ1) is 22.0. The van der Waals surface area contributed by atoms with Crippen molar-refractivity contribution in [3.63, 3.8) is 0 Å². The highest BCUT2D eigenvalue weighted by atomic mass is 16.6. The molecule has 0 saturated heterocycles. The summed E-state index contributed by atoms with van der Waals surface area (Å²) >= 11 is 0. The average Bonchev–Trinajstić information content (AvgIpc) is 2.98. The molecule has 2 aromatic rings. The monoisotopic (exact) mass is 655 g/mol. The van der Waals surface area contributed by atoms with E-state index in [2.05, 4.69) is 26.6 Å². The fraction of sp³-hybridized carbons (Fsp3) is 0.455. The summed E-state index contributed by atoms with van der Waals surface area (Å²) in [7, 11) is 0. The van der Waals surface area contributed by atoms with Crippen LogP contribution in [0.25, 0.3) is 0 Å². The predicted molar refractivity (Wildman–Crippen MR) is 172 cm³/mol. The van der Waals surface area contributed by atoms with Gasteiger partial charge in [-0.15, -0.1) is 0 Å². The number of benzene rings is 2. The van der Waals surface area contributed by atoms with Gasteiger partial charge in [-0.3, -0.25) is 19.2 Å². The number of amides is 5. The topological polar surface area (TPSA) is 212 Å². The number of carboxylic acids is 1.